The van der Waals surface area contributed by atoms with Crippen LogP contribution in [0.15, 0.2) is 23.1 Å². The molecule has 0 aliphatic rings. The molecule has 1 aromatic rings. The van der Waals surface area contributed by atoms with Gasteiger partial charge in [0.2, 0.25) is 10.0 Å². The number of nitrogens with zero attached hydrogens (tertiary/aromatic N) is 1. The van der Waals surface area contributed by atoms with Crippen molar-refractivity contribution in [1.29, 1.82) is 0 Å². The second kappa shape index (κ2) is 5.84. The molecular weight excluding hydrogens is 292 g/mol. The number of aryl methyl sites for hydroxylation is 1. The van der Waals surface area contributed by atoms with Gasteiger partial charge in [0, 0.05) is 7.05 Å². The molecule has 1 aromatic carbocycles. The number of rotatable bonds is 5. The van der Waals surface area contributed by atoms with Gasteiger partial charge in [-0.15, -0.1) is 0 Å². The van der Waals surface area contributed by atoms with E-state index < -0.39 is 28.5 Å². The summed E-state index contributed by atoms with van der Waals surface area (Å²) >= 11 is 0. The van der Waals surface area contributed by atoms with E-state index in [1.54, 1.807) is 0 Å². The van der Waals surface area contributed by atoms with Crippen LogP contribution in [0.2, 0.25) is 0 Å². The van der Waals surface area contributed by atoms with E-state index in [1.165, 1.54) is 13.0 Å². The van der Waals surface area contributed by atoms with Crippen molar-refractivity contribution < 1.29 is 27.1 Å². The van der Waals surface area contributed by atoms with E-state index in [9.17, 15) is 22.0 Å². The largest absolute Gasteiger partial charge is 0.478 e. The zero-order chi connectivity index (χ0) is 15.7. The second-order valence-electron chi connectivity index (χ2n) is 4.38. The number of alkyl halides is 2. The Balaban J connectivity index is 3.26. The van der Waals surface area contributed by atoms with Crippen molar-refractivity contribution in [3.05, 3.63) is 29.3 Å². The van der Waals surface area contributed by atoms with E-state index in [0.717, 1.165) is 26.1 Å². The molecule has 0 fully saturated rings. The number of carboxylic acid groups (broad SMARTS) is 1. The van der Waals surface area contributed by atoms with Crippen molar-refractivity contribution in [2.45, 2.75) is 31.2 Å². The highest BCUT2D eigenvalue weighted by Gasteiger charge is 2.31. The lowest BCUT2D eigenvalue weighted by molar-refractivity contribution is 0.0696. The Morgan fingerprint density at radius 1 is 1.35 bits per heavy atom. The monoisotopic (exact) mass is 307 g/mol. The van der Waals surface area contributed by atoms with Crippen molar-refractivity contribution in [3.8, 4) is 0 Å². The molecule has 0 bridgehead atoms. The van der Waals surface area contributed by atoms with Gasteiger partial charge >= 0.3 is 5.97 Å². The first-order valence-electron chi connectivity index (χ1n) is 5.69. The molecule has 0 radical (unpaired) electrons. The minimum atomic E-state index is -4.10. The molecule has 1 atom stereocenters. The average Bonchev–Trinajstić information content (AvgIpc) is 2.36. The number of halogens is 2. The summed E-state index contributed by atoms with van der Waals surface area (Å²) in [6.45, 7) is 2.52. The van der Waals surface area contributed by atoms with Gasteiger partial charge in [-0.25, -0.2) is 22.0 Å². The van der Waals surface area contributed by atoms with E-state index in [4.69, 9.17) is 5.11 Å². The molecule has 0 saturated carbocycles. The predicted molar refractivity (Wildman–Crippen MR) is 68.6 cm³/mol. The van der Waals surface area contributed by atoms with E-state index in [1.807, 2.05) is 0 Å². The number of carboxylic acids is 1. The van der Waals surface area contributed by atoms with Crippen LogP contribution in [0, 0.1) is 6.92 Å². The lowest BCUT2D eigenvalue weighted by atomic mass is 10.1. The number of hydrogen-bond acceptors (Lipinski definition) is 3. The molecule has 0 heterocycles. The minimum Gasteiger partial charge on any atom is -0.478 e. The van der Waals surface area contributed by atoms with Crippen LogP contribution in [0.5, 0.6) is 0 Å². The molecule has 5 nitrogen and oxygen atoms in total. The Morgan fingerprint density at radius 2 is 1.90 bits per heavy atom. The average molecular weight is 307 g/mol. The Bertz CT molecular complexity index is 616. The van der Waals surface area contributed by atoms with Gasteiger partial charge in [-0.3, -0.25) is 0 Å². The van der Waals surface area contributed by atoms with Crippen molar-refractivity contribution in [1.82, 2.24) is 4.31 Å². The van der Waals surface area contributed by atoms with Gasteiger partial charge in [-0.05, 0) is 37.6 Å². The molecule has 8 heteroatoms. The third kappa shape index (κ3) is 3.13. The van der Waals surface area contributed by atoms with Crippen molar-refractivity contribution in [2.75, 3.05) is 7.05 Å². The van der Waals surface area contributed by atoms with Crippen molar-refractivity contribution in [3.63, 3.8) is 0 Å². The topological polar surface area (TPSA) is 74.7 Å². The van der Waals surface area contributed by atoms with Gasteiger partial charge in [0.1, 0.15) is 0 Å². The first-order valence-corrected chi connectivity index (χ1v) is 7.13. The Hall–Kier alpha value is -1.54. The highest BCUT2D eigenvalue weighted by molar-refractivity contribution is 7.89. The molecule has 1 rings (SSSR count). The molecule has 112 valence electrons. The fourth-order valence-electron chi connectivity index (χ4n) is 1.60. The number of hydrogen-bond donors (Lipinski definition) is 1. The molecule has 20 heavy (non-hydrogen) atoms. The molecule has 0 amide bonds. The maximum Gasteiger partial charge on any atom is 0.335 e. The summed E-state index contributed by atoms with van der Waals surface area (Å²) in [6.07, 6.45) is -2.81. The first-order chi connectivity index (χ1) is 9.09. The van der Waals surface area contributed by atoms with Crippen LogP contribution in [0.3, 0.4) is 0 Å². The molecule has 1 N–H and O–H groups in total. The summed E-state index contributed by atoms with van der Waals surface area (Å²) < 4.78 is 50.3. The molecular formula is C12H15F2NO4S. The fraction of sp³-hybridized carbons (Fsp3) is 0.417. The van der Waals surface area contributed by atoms with Gasteiger partial charge in [-0.1, -0.05) is 0 Å². The predicted octanol–water partition coefficient (Wildman–Crippen LogP) is 1.97. The van der Waals surface area contributed by atoms with Gasteiger partial charge < -0.3 is 5.11 Å². The van der Waals surface area contributed by atoms with Gasteiger partial charge in [0.15, 0.2) is 0 Å². The van der Waals surface area contributed by atoms with Crippen LogP contribution in [-0.2, 0) is 10.0 Å². The summed E-state index contributed by atoms with van der Waals surface area (Å²) in [5, 5.41) is 8.81. The molecule has 0 aromatic heterocycles. The van der Waals surface area contributed by atoms with Crippen LogP contribution < -0.4 is 0 Å². The van der Waals surface area contributed by atoms with E-state index in [0.29, 0.717) is 4.31 Å². The van der Waals surface area contributed by atoms with Gasteiger partial charge in [0.05, 0.1) is 16.5 Å². The third-order valence-electron chi connectivity index (χ3n) is 3.02. The van der Waals surface area contributed by atoms with Crippen LogP contribution in [0.4, 0.5) is 8.78 Å². The van der Waals surface area contributed by atoms with Crippen LogP contribution in [0.1, 0.15) is 22.8 Å². The Labute approximate surface area is 115 Å². The number of aromatic carboxylic acids is 1. The highest BCUT2D eigenvalue weighted by Crippen LogP contribution is 2.23. The maximum absolute atomic E-state index is 12.6. The van der Waals surface area contributed by atoms with E-state index in [-0.39, 0.29) is 16.0 Å². The Kier molecular flexibility index (Phi) is 4.82. The molecule has 0 spiro atoms. The second-order valence-corrected chi connectivity index (χ2v) is 6.35. The maximum atomic E-state index is 12.6. The first kappa shape index (κ1) is 16.5. The summed E-state index contributed by atoms with van der Waals surface area (Å²) in [5.41, 5.74) is 0.129. The number of carbonyl (C=O) groups is 1. The lowest BCUT2D eigenvalue weighted by Crippen LogP contribution is -2.39. The van der Waals surface area contributed by atoms with Gasteiger partial charge in [0.25, 0.3) is 6.43 Å². The standard InChI is InChI=1S/C12H15F2NO4S/c1-7-6-9(12(16)17)4-5-10(7)20(18,19)15(3)8(2)11(13)14/h4-6,8,11H,1-3H3,(H,16,17). The van der Waals surface area contributed by atoms with E-state index in [2.05, 4.69) is 0 Å². The SMILES string of the molecule is Cc1cc(C(=O)O)ccc1S(=O)(=O)N(C)C(C)C(F)F. The van der Waals surface area contributed by atoms with Gasteiger partial charge in [-0.2, -0.15) is 4.31 Å². The third-order valence-corrected chi connectivity index (χ3v) is 5.12. The lowest BCUT2D eigenvalue weighted by Gasteiger charge is -2.24. The van der Waals surface area contributed by atoms with Crippen molar-refractivity contribution >= 4 is 16.0 Å². The number of benzene rings is 1. The van der Waals surface area contributed by atoms with Crippen molar-refractivity contribution in [2.24, 2.45) is 0 Å². The fourth-order valence-corrected chi connectivity index (χ4v) is 3.15. The zero-order valence-corrected chi connectivity index (χ0v) is 12.0. The normalized spacial score (nSPS) is 13.8. The molecule has 0 aliphatic heterocycles. The minimum absolute atomic E-state index is 0.0639. The quantitative estimate of drug-likeness (QED) is 0.902. The van der Waals surface area contributed by atoms with E-state index >= 15 is 0 Å². The Morgan fingerprint density at radius 3 is 2.30 bits per heavy atom. The summed E-state index contributed by atoms with van der Waals surface area (Å²) in [5.74, 6) is -1.19. The van der Waals surface area contributed by atoms with Crippen LogP contribution in [0.25, 0.3) is 0 Å². The zero-order valence-electron chi connectivity index (χ0n) is 11.2. The molecule has 0 aliphatic carbocycles. The summed E-state index contributed by atoms with van der Waals surface area (Å²) in [6, 6.07) is 1.96. The molecule has 1 unspecified atom stereocenters. The summed E-state index contributed by atoms with van der Waals surface area (Å²) in [7, 11) is -3.03. The van der Waals surface area contributed by atoms with Crippen LogP contribution >= 0.6 is 0 Å². The smallest absolute Gasteiger partial charge is 0.335 e. The summed E-state index contributed by atoms with van der Waals surface area (Å²) in [4.78, 5) is 10.6. The molecule has 0 saturated heterocycles. The number of sulfonamides is 1. The van der Waals surface area contributed by atoms with Crippen LogP contribution in [-0.4, -0.2) is 43.3 Å². The highest BCUT2D eigenvalue weighted by atomic mass is 32.2.